The zero-order valence-electron chi connectivity index (χ0n) is 10.4. The maximum atomic E-state index is 4.62. The van der Waals surface area contributed by atoms with Crippen LogP contribution < -0.4 is 0 Å². The number of aliphatic imine (C=N–C) groups is 1. The predicted molar refractivity (Wildman–Crippen MR) is 77.0 cm³/mol. The van der Waals surface area contributed by atoms with Crippen LogP contribution >= 0.6 is 0 Å². The van der Waals surface area contributed by atoms with E-state index in [2.05, 4.69) is 58.8 Å². The number of benzene rings is 1. The number of rotatable bonds is 7. The standard InChI is InChI=1S/C15H20NSe/c1-3-5-12-16-15(17)14(9-4-2)13-10-7-6-8-11-13/h4,6-8,10-11,14H,2-3,5,9,12H2,1H3. The van der Waals surface area contributed by atoms with Crippen molar-refractivity contribution in [3.8, 4) is 0 Å². The molecule has 0 amide bonds. The van der Waals surface area contributed by atoms with Crippen LogP contribution in [-0.2, 0) is 0 Å². The van der Waals surface area contributed by atoms with Gasteiger partial charge in [0.05, 0.1) is 0 Å². The molecule has 1 aromatic rings. The third kappa shape index (κ3) is 4.89. The quantitative estimate of drug-likeness (QED) is 0.314. The second kappa shape index (κ2) is 8.27. The fourth-order valence-electron chi connectivity index (χ4n) is 1.69. The molecular formula is C15H20NSe. The predicted octanol–water partition coefficient (Wildman–Crippen LogP) is 3.71. The Morgan fingerprint density at radius 3 is 2.71 bits per heavy atom. The average molecular weight is 293 g/mol. The summed E-state index contributed by atoms with van der Waals surface area (Å²) >= 11 is 3.12. The van der Waals surface area contributed by atoms with Gasteiger partial charge < -0.3 is 0 Å². The van der Waals surface area contributed by atoms with Crippen LogP contribution in [0.1, 0.15) is 37.7 Å². The third-order valence-electron chi connectivity index (χ3n) is 2.68. The SMILES string of the molecule is C=CCC(C([Se])=NCCCC)c1ccccc1. The van der Waals surface area contributed by atoms with E-state index in [1.165, 1.54) is 12.0 Å². The molecular weight excluding hydrogens is 273 g/mol. The van der Waals surface area contributed by atoms with E-state index >= 15 is 0 Å². The zero-order chi connectivity index (χ0) is 12.5. The molecule has 0 aliphatic carbocycles. The van der Waals surface area contributed by atoms with E-state index in [0.29, 0.717) is 5.92 Å². The first kappa shape index (κ1) is 14.2. The van der Waals surface area contributed by atoms with Crippen molar-refractivity contribution in [1.29, 1.82) is 0 Å². The summed E-state index contributed by atoms with van der Waals surface area (Å²) in [6.07, 6.45) is 5.24. The maximum absolute atomic E-state index is 4.62. The van der Waals surface area contributed by atoms with Crippen LogP contribution in [0.15, 0.2) is 48.0 Å². The van der Waals surface area contributed by atoms with Gasteiger partial charge in [-0.15, -0.1) is 0 Å². The topological polar surface area (TPSA) is 12.4 Å². The van der Waals surface area contributed by atoms with Gasteiger partial charge in [-0.25, -0.2) is 0 Å². The first-order valence-corrected chi connectivity index (χ1v) is 7.02. The van der Waals surface area contributed by atoms with E-state index in [4.69, 9.17) is 0 Å². The van der Waals surface area contributed by atoms with Gasteiger partial charge in [0, 0.05) is 0 Å². The minimum atomic E-state index is 0.338. The molecule has 2 heteroatoms. The molecule has 1 unspecified atom stereocenters. The molecule has 1 rings (SSSR count). The Balaban J connectivity index is 2.78. The zero-order valence-corrected chi connectivity index (χ0v) is 12.1. The van der Waals surface area contributed by atoms with Crippen molar-refractivity contribution in [3.05, 3.63) is 48.6 Å². The molecule has 0 bridgehead atoms. The van der Waals surface area contributed by atoms with E-state index < -0.39 is 0 Å². The average Bonchev–Trinajstić information content (AvgIpc) is 2.37. The Bertz CT molecular complexity index is 356. The van der Waals surface area contributed by atoms with Gasteiger partial charge >= 0.3 is 113 Å². The summed E-state index contributed by atoms with van der Waals surface area (Å²) in [5.41, 5.74) is 1.31. The van der Waals surface area contributed by atoms with Crippen molar-refractivity contribution in [2.24, 2.45) is 4.99 Å². The second-order valence-electron chi connectivity index (χ2n) is 4.06. The van der Waals surface area contributed by atoms with Crippen LogP contribution in [0.2, 0.25) is 0 Å². The molecule has 0 aromatic heterocycles. The van der Waals surface area contributed by atoms with E-state index in [-0.39, 0.29) is 0 Å². The van der Waals surface area contributed by atoms with Gasteiger partial charge in [0.2, 0.25) is 0 Å². The summed E-state index contributed by atoms with van der Waals surface area (Å²) < 4.78 is 1.10. The van der Waals surface area contributed by atoms with Gasteiger partial charge in [-0.3, -0.25) is 0 Å². The molecule has 0 saturated carbocycles. The molecule has 0 aliphatic rings. The summed E-state index contributed by atoms with van der Waals surface area (Å²) in [6.45, 7) is 6.94. The summed E-state index contributed by atoms with van der Waals surface area (Å²) in [7, 11) is 0. The van der Waals surface area contributed by atoms with Crippen LogP contribution in [0.3, 0.4) is 0 Å². The fraction of sp³-hybridized carbons (Fsp3) is 0.400. The molecule has 0 fully saturated rings. The third-order valence-corrected chi connectivity index (χ3v) is 3.55. The Morgan fingerprint density at radius 2 is 2.12 bits per heavy atom. The van der Waals surface area contributed by atoms with Crippen LogP contribution in [0.4, 0.5) is 0 Å². The van der Waals surface area contributed by atoms with Crippen molar-refractivity contribution in [2.75, 3.05) is 6.54 Å². The molecule has 1 atom stereocenters. The fourth-order valence-corrected chi connectivity index (χ4v) is 2.37. The van der Waals surface area contributed by atoms with E-state index in [0.717, 1.165) is 24.0 Å². The molecule has 1 aromatic carbocycles. The van der Waals surface area contributed by atoms with Gasteiger partial charge in [-0.2, -0.15) is 0 Å². The normalized spacial score (nSPS) is 13.4. The molecule has 0 N–H and O–H groups in total. The number of unbranched alkanes of at least 4 members (excludes halogenated alkanes) is 1. The molecule has 17 heavy (non-hydrogen) atoms. The van der Waals surface area contributed by atoms with Crippen LogP contribution in [0.5, 0.6) is 0 Å². The molecule has 0 aliphatic heterocycles. The Labute approximate surface area is 113 Å². The number of nitrogens with zero attached hydrogens (tertiary/aromatic N) is 1. The molecule has 91 valence electrons. The summed E-state index contributed by atoms with van der Waals surface area (Å²) in [6, 6.07) is 10.5. The summed E-state index contributed by atoms with van der Waals surface area (Å²) in [5, 5.41) is 0. The minimum absolute atomic E-state index is 0.338. The van der Waals surface area contributed by atoms with Gasteiger partial charge in [0.25, 0.3) is 0 Å². The number of hydrogen-bond acceptors (Lipinski definition) is 1. The molecule has 0 saturated heterocycles. The Kier molecular flexibility index (Phi) is 6.91. The van der Waals surface area contributed by atoms with Crippen LogP contribution in [0.25, 0.3) is 0 Å². The van der Waals surface area contributed by atoms with Crippen molar-refractivity contribution in [1.82, 2.24) is 0 Å². The first-order valence-electron chi connectivity index (χ1n) is 6.16. The van der Waals surface area contributed by atoms with E-state index in [1.807, 2.05) is 12.1 Å². The van der Waals surface area contributed by atoms with Crippen molar-refractivity contribution in [3.63, 3.8) is 0 Å². The number of hydrogen-bond donors (Lipinski definition) is 0. The Morgan fingerprint density at radius 1 is 1.41 bits per heavy atom. The van der Waals surface area contributed by atoms with Gasteiger partial charge in [-0.1, -0.05) is 0 Å². The van der Waals surface area contributed by atoms with Crippen LogP contribution in [0, 0.1) is 0 Å². The van der Waals surface area contributed by atoms with Crippen molar-refractivity contribution < 1.29 is 0 Å². The van der Waals surface area contributed by atoms with Gasteiger partial charge in [0.1, 0.15) is 0 Å². The summed E-state index contributed by atoms with van der Waals surface area (Å²) in [5.74, 6) is 0.338. The Hall–Kier alpha value is -0.851. The second-order valence-corrected chi connectivity index (χ2v) is 4.94. The van der Waals surface area contributed by atoms with Crippen molar-refractivity contribution in [2.45, 2.75) is 32.1 Å². The number of allylic oxidation sites excluding steroid dienone is 1. The van der Waals surface area contributed by atoms with E-state index in [1.54, 1.807) is 0 Å². The van der Waals surface area contributed by atoms with Gasteiger partial charge in [0.15, 0.2) is 0 Å². The van der Waals surface area contributed by atoms with Gasteiger partial charge in [-0.05, 0) is 0 Å². The van der Waals surface area contributed by atoms with Crippen LogP contribution in [-0.4, -0.2) is 27.2 Å². The van der Waals surface area contributed by atoms with Crippen molar-refractivity contribution >= 4 is 20.6 Å². The molecule has 0 heterocycles. The first-order chi connectivity index (χ1) is 8.29. The summed E-state index contributed by atoms with van der Waals surface area (Å²) in [4.78, 5) is 4.62. The molecule has 1 nitrogen and oxygen atoms in total. The van der Waals surface area contributed by atoms with E-state index in [9.17, 15) is 0 Å². The molecule has 1 radical (unpaired) electrons. The monoisotopic (exact) mass is 294 g/mol. The molecule has 0 spiro atoms.